The minimum absolute atomic E-state index is 0.0117. The molecule has 2 amide bonds. The van der Waals surface area contributed by atoms with Gasteiger partial charge in [-0.05, 0) is 20.3 Å². The van der Waals surface area contributed by atoms with Crippen LogP contribution in [0.25, 0.3) is 0 Å². The Labute approximate surface area is 106 Å². The van der Waals surface area contributed by atoms with E-state index in [-0.39, 0.29) is 13.1 Å². The number of amides is 2. The average Bonchev–Trinajstić information content (AvgIpc) is 2.23. The number of hydrogen-bond donors (Lipinski definition) is 1. The van der Waals surface area contributed by atoms with Gasteiger partial charge < -0.3 is 10.2 Å². The van der Waals surface area contributed by atoms with Crippen molar-refractivity contribution in [2.75, 3.05) is 13.1 Å². The van der Waals surface area contributed by atoms with Crippen molar-refractivity contribution in [3.63, 3.8) is 0 Å². The van der Waals surface area contributed by atoms with Gasteiger partial charge in [0.25, 0.3) is 0 Å². The quantitative estimate of drug-likeness (QED) is 0.793. The largest absolute Gasteiger partial charge is 0.420 e. The second-order valence-corrected chi connectivity index (χ2v) is 3.86. The average molecular weight is 294 g/mol. The number of hydrogen-bond acceptors (Lipinski definition) is 1. The van der Waals surface area contributed by atoms with Crippen LogP contribution in [0.5, 0.6) is 0 Å². The maximum Gasteiger partial charge on any atom is 0.420 e. The molecule has 9 heteroatoms. The Hall–Kier alpha value is -1.15. The molecule has 0 rings (SSSR count). The summed E-state index contributed by atoms with van der Waals surface area (Å²) in [5.41, 5.74) is -4.22. The molecule has 0 aliphatic rings. The Morgan fingerprint density at radius 3 is 1.53 bits per heavy atom. The first kappa shape index (κ1) is 17.8. The minimum atomic E-state index is -5.62. The molecule has 114 valence electrons. The summed E-state index contributed by atoms with van der Waals surface area (Å²) >= 11 is 0. The predicted octanol–water partition coefficient (Wildman–Crippen LogP) is 3.31. The lowest BCUT2D eigenvalue weighted by Crippen LogP contribution is -2.68. The summed E-state index contributed by atoms with van der Waals surface area (Å²) in [6, 6.07) is -1.39. The normalized spacial score (nSPS) is 13.3. The highest BCUT2D eigenvalue weighted by molar-refractivity contribution is 5.75. The van der Waals surface area contributed by atoms with Gasteiger partial charge in [0.05, 0.1) is 0 Å². The molecule has 0 unspecified atom stereocenters. The molecule has 0 fully saturated rings. The van der Waals surface area contributed by atoms with Crippen LogP contribution in [0.4, 0.5) is 31.1 Å². The lowest BCUT2D eigenvalue weighted by Gasteiger charge is -2.38. The molecule has 0 aliphatic heterocycles. The number of carbonyl (C=O) groups is 1. The van der Waals surface area contributed by atoms with Crippen LogP contribution in [-0.2, 0) is 0 Å². The second-order valence-electron chi connectivity index (χ2n) is 3.86. The third-order valence-electron chi connectivity index (χ3n) is 2.87. The van der Waals surface area contributed by atoms with Gasteiger partial charge in [0.2, 0.25) is 5.54 Å². The lowest BCUT2D eigenvalue weighted by molar-refractivity contribution is -0.305. The van der Waals surface area contributed by atoms with Crippen LogP contribution in [0.2, 0.25) is 0 Å². The molecule has 0 aromatic heterocycles. The highest BCUT2D eigenvalue weighted by atomic mass is 19.4. The highest BCUT2D eigenvalue weighted by Gasteiger charge is 2.70. The summed E-state index contributed by atoms with van der Waals surface area (Å²) < 4.78 is 76.5. The van der Waals surface area contributed by atoms with E-state index in [1.165, 1.54) is 13.8 Å². The summed E-state index contributed by atoms with van der Waals surface area (Å²) in [7, 11) is 0. The first-order chi connectivity index (χ1) is 8.46. The Morgan fingerprint density at radius 1 is 0.947 bits per heavy atom. The highest BCUT2D eigenvalue weighted by Crippen LogP contribution is 2.45. The van der Waals surface area contributed by atoms with E-state index in [1.807, 2.05) is 0 Å². The molecule has 0 heterocycles. The van der Waals surface area contributed by atoms with Crippen LogP contribution in [-0.4, -0.2) is 41.9 Å². The first-order valence-corrected chi connectivity index (χ1v) is 5.67. The van der Waals surface area contributed by atoms with E-state index >= 15 is 0 Å². The molecular formula is C10H16F6N2O. The molecule has 19 heavy (non-hydrogen) atoms. The number of nitrogens with one attached hydrogen (secondary N) is 1. The summed E-state index contributed by atoms with van der Waals surface area (Å²) in [5.74, 6) is 0. The summed E-state index contributed by atoms with van der Waals surface area (Å²) in [4.78, 5) is 12.3. The molecule has 0 saturated carbocycles. The number of halogens is 6. The number of nitrogens with zero attached hydrogens (tertiary/aromatic N) is 1. The molecule has 0 spiro atoms. The van der Waals surface area contributed by atoms with E-state index in [4.69, 9.17) is 0 Å². The Kier molecular flexibility index (Phi) is 5.52. The van der Waals surface area contributed by atoms with Crippen LogP contribution >= 0.6 is 0 Å². The van der Waals surface area contributed by atoms with Gasteiger partial charge in [0, 0.05) is 13.1 Å². The minimum Gasteiger partial charge on any atom is -0.325 e. The summed E-state index contributed by atoms with van der Waals surface area (Å²) in [6.07, 6.45) is -12.6. The Balaban J connectivity index is 5.47. The van der Waals surface area contributed by atoms with Gasteiger partial charge in [-0.3, -0.25) is 0 Å². The van der Waals surface area contributed by atoms with Gasteiger partial charge in [0.1, 0.15) is 0 Å². The fourth-order valence-electron chi connectivity index (χ4n) is 1.56. The van der Waals surface area contributed by atoms with Crippen molar-refractivity contribution in [2.45, 2.75) is 45.1 Å². The predicted molar refractivity (Wildman–Crippen MR) is 56.6 cm³/mol. The monoisotopic (exact) mass is 294 g/mol. The van der Waals surface area contributed by atoms with E-state index in [9.17, 15) is 31.1 Å². The van der Waals surface area contributed by atoms with Gasteiger partial charge in [-0.1, -0.05) is 6.92 Å². The second kappa shape index (κ2) is 5.87. The number of urea groups is 1. The smallest absolute Gasteiger partial charge is 0.325 e. The molecule has 0 atom stereocenters. The lowest BCUT2D eigenvalue weighted by atomic mass is 9.94. The van der Waals surface area contributed by atoms with Crippen LogP contribution < -0.4 is 5.32 Å². The van der Waals surface area contributed by atoms with Gasteiger partial charge in [-0.15, -0.1) is 0 Å². The van der Waals surface area contributed by atoms with Crippen molar-refractivity contribution in [3.05, 3.63) is 0 Å². The van der Waals surface area contributed by atoms with E-state index in [0.717, 1.165) is 17.1 Å². The van der Waals surface area contributed by atoms with Crippen molar-refractivity contribution in [1.29, 1.82) is 0 Å². The zero-order chi connectivity index (χ0) is 15.5. The van der Waals surface area contributed by atoms with E-state index in [0.29, 0.717) is 0 Å². The molecule has 0 saturated heterocycles. The summed E-state index contributed by atoms with van der Waals surface area (Å²) in [6.45, 7) is 3.66. The molecule has 0 bridgehead atoms. The SMILES string of the molecule is CCN(CC)C(=O)NC(CC)(C(F)(F)F)C(F)(F)F. The topological polar surface area (TPSA) is 32.3 Å². The van der Waals surface area contributed by atoms with Crippen LogP contribution in [0.1, 0.15) is 27.2 Å². The third kappa shape index (κ3) is 3.44. The van der Waals surface area contributed by atoms with E-state index in [2.05, 4.69) is 0 Å². The van der Waals surface area contributed by atoms with Gasteiger partial charge >= 0.3 is 18.4 Å². The maximum absolute atomic E-state index is 12.7. The van der Waals surface area contributed by atoms with Crippen molar-refractivity contribution in [1.82, 2.24) is 10.2 Å². The molecule has 0 radical (unpaired) electrons. The third-order valence-corrected chi connectivity index (χ3v) is 2.87. The van der Waals surface area contributed by atoms with Crippen molar-refractivity contribution >= 4 is 6.03 Å². The molecule has 0 aromatic rings. The van der Waals surface area contributed by atoms with Crippen molar-refractivity contribution in [3.8, 4) is 0 Å². The van der Waals surface area contributed by atoms with Gasteiger partial charge in [-0.25, -0.2) is 4.79 Å². The first-order valence-electron chi connectivity index (χ1n) is 5.67. The van der Waals surface area contributed by atoms with E-state index < -0.39 is 30.3 Å². The number of rotatable bonds is 4. The zero-order valence-electron chi connectivity index (χ0n) is 10.7. The Morgan fingerprint density at radius 2 is 1.32 bits per heavy atom. The van der Waals surface area contributed by atoms with Gasteiger partial charge in [-0.2, -0.15) is 26.3 Å². The van der Waals surface area contributed by atoms with Crippen LogP contribution in [0.3, 0.4) is 0 Å². The molecule has 3 nitrogen and oxygen atoms in total. The van der Waals surface area contributed by atoms with Gasteiger partial charge in [0.15, 0.2) is 0 Å². The molecule has 1 N–H and O–H groups in total. The molecule has 0 aromatic carbocycles. The standard InChI is InChI=1S/C10H16F6N2O/c1-4-8(9(11,12)13,10(14,15)16)17-7(19)18(5-2)6-3/h4-6H2,1-3H3,(H,17,19). The zero-order valence-corrected chi connectivity index (χ0v) is 10.7. The summed E-state index contributed by atoms with van der Waals surface area (Å²) in [5, 5.41) is 1.10. The van der Waals surface area contributed by atoms with Crippen molar-refractivity contribution in [2.24, 2.45) is 0 Å². The Bertz CT molecular complexity index is 294. The van der Waals surface area contributed by atoms with Crippen LogP contribution in [0, 0.1) is 0 Å². The fraction of sp³-hybridized carbons (Fsp3) is 0.900. The molecular weight excluding hydrogens is 278 g/mol. The maximum atomic E-state index is 12.7. The fourth-order valence-corrected chi connectivity index (χ4v) is 1.56. The molecule has 0 aliphatic carbocycles. The number of carbonyl (C=O) groups excluding carboxylic acids is 1. The van der Waals surface area contributed by atoms with E-state index in [1.54, 1.807) is 0 Å². The van der Waals surface area contributed by atoms with Crippen molar-refractivity contribution < 1.29 is 31.1 Å². The van der Waals surface area contributed by atoms with Crippen LogP contribution in [0.15, 0.2) is 0 Å². The number of alkyl halides is 6.